The van der Waals surface area contributed by atoms with Gasteiger partial charge in [0.25, 0.3) is 0 Å². The molecule has 0 saturated carbocycles. The predicted octanol–water partition coefficient (Wildman–Crippen LogP) is 2.40. The van der Waals surface area contributed by atoms with Crippen molar-refractivity contribution in [3.63, 3.8) is 0 Å². The van der Waals surface area contributed by atoms with Gasteiger partial charge in [0.1, 0.15) is 10.7 Å². The third-order valence-electron chi connectivity index (χ3n) is 2.19. The minimum Gasteiger partial charge on any atom is -0.477 e. The predicted molar refractivity (Wildman–Crippen MR) is 63.7 cm³/mol. The van der Waals surface area contributed by atoms with Crippen LogP contribution in [0.25, 0.3) is 10.4 Å². The Bertz CT molecular complexity index is 549. The molecule has 0 spiro atoms. The molecular weight excluding hydrogens is 224 g/mol. The third kappa shape index (κ3) is 1.90. The van der Waals surface area contributed by atoms with E-state index in [4.69, 9.17) is 10.8 Å². The number of carboxylic acid groups (broad SMARTS) is 1. The number of hydrogen-bond acceptors (Lipinski definition) is 4. The van der Waals surface area contributed by atoms with E-state index >= 15 is 0 Å². The number of carbonyl (C=O) groups is 1. The average molecular weight is 234 g/mol. The van der Waals surface area contributed by atoms with Crippen LogP contribution in [0.3, 0.4) is 0 Å². The van der Waals surface area contributed by atoms with E-state index in [1.807, 2.05) is 13.0 Å². The van der Waals surface area contributed by atoms with Gasteiger partial charge in [0.05, 0.1) is 0 Å². The maximum Gasteiger partial charge on any atom is 0.345 e. The maximum atomic E-state index is 10.8. The average Bonchev–Trinajstić information content (AvgIpc) is 2.66. The molecule has 0 aliphatic carbocycles. The minimum absolute atomic E-state index is 0.325. The van der Waals surface area contributed by atoms with E-state index in [1.165, 1.54) is 11.3 Å². The smallest absolute Gasteiger partial charge is 0.345 e. The molecule has 0 fully saturated rings. The van der Waals surface area contributed by atoms with Crippen LogP contribution in [-0.2, 0) is 0 Å². The molecule has 2 aromatic rings. The summed E-state index contributed by atoms with van der Waals surface area (Å²) in [4.78, 5) is 16.1. The number of aromatic nitrogens is 1. The van der Waals surface area contributed by atoms with Crippen LogP contribution in [0, 0.1) is 6.92 Å². The van der Waals surface area contributed by atoms with E-state index in [-0.39, 0.29) is 0 Å². The molecule has 0 amide bonds. The summed E-state index contributed by atoms with van der Waals surface area (Å²) < 4.78 is 0. The lowest BCUT2D eigenvalue weighted by Gasteiger charge is -2.02. The molecule has 82 valence electrons. The summed E-state index contributed by atoms with van der Waals surface area (Å²) in [6.07, 6.45) is 0. The highest BCUT2D eigenvalue weighted by Crippen LogP contribution is 2.30. The van der Waals surface area contributed by atoms with Crippen LogP contribution in [0.1, 0.15) is 15.4 Å². The van der Waals surface area contributed by atoms with E-state index in [0.717, 1.165) is 16.1 Å². The van der Waals surface area contributed by atoms with Crippen LogP contribution in [0.15, 0.2) is 24.3 Å². The van der Waals surface area contributed by atoms with Crippen LogP contribution in [0.2, 0.25) is 0 Å². The van der Waals surface area contributed by atoms with E-state index in [1.54, 1.807) is 18.2 Å². The van der Waals surface area contributed by atoms with Crippen molar-refractivity contribution in [3.8, 4) is 10.4 Å². The van der Waals surface area contributed by atoms with Crippen LogP contribution < -0.4 is 5.73 Å². The molecular formula is C11H10N2O2S. The number of anilines is 1. The van der Waals surface area contributed by atoms with Crippen LogP contribution in [0.5, 0.6) is 0 Å². The number of rotatable bonds is 2. The fraction of sp³-hybridized carbons (Fsp3) is 0.0909. The van der Waals surface area contributed by atoms with Crippen LogP contribution in [-0.4, -0.2) is 16.1 Å². The number of aryl methyl sites for hydroxylation is 1. The van der Waals surface area contributed by atoms with E-state index in [9.17, 15) is 4.79 Å². The Balaban J connectivity index is 2.46. The summed E-state index contributed by atoms with van der Waals surface area (Å²) in [5.74, 6) is -0.437. The highest BCUT2D eigenvalue weighted by molar-refractivity contribution is 7.17. The number of hydrogen-bond donors (Lipinski definition) is 2. The van der Waals surface area contributed by atoms with Crippen molar-refractivity contribution < 1.29 is 9.90 Å². The van der Waals surface area contributed by atoms with E-state index in [0.29, 0.717) is 10.7 Å². The van der Waals surface area contributed by atoms with Gasteiger partial charge < -0.3 is 10.8 Å². The lowest BCUT2D eigenvalue weighted by molar-refractivity contribution is 0.0702. The largest absolute Gasteiger partial charge is 0.477 e. The number of pyridine rings is 1. The first-order valence-electron chi connectivity index (χ1n) is 4.64. The summed E-state index contributed by atoms with van der Waals surface area (Å²) in [6, 6.07) is 6.95. The second-order valence-corrected chi connectivity index (χ2v) is 4.42. The van der Waals surface area contributed by atoms with E-state index < -0.39 is 5.97 Å². The van der Waals surface area contributed by atoms with E-state index in [2.05, 4.69) is 4.98 Å². The normalized spacial score (nSPS) is 10.3. The Morgan fingerprint density at radius 2 is 2.12 bits per heavy atom. The Labute approximate surface area is 96.4 Å². The second-order valence-electron chi connectivity index (χ2n) is 3.34. The number of thiophene rings is 1. The Morgan fingerprint density at radius 3 is 2.69 bits per heavy atom. The van der Waals surface area contributed by atoms with Crippen molar-refractivity contribution in [3.05, 3.63) is 34.8 Å². The molecule has 2 aromatic heterocycles. The molecule has 0 saturated heterocycles. The van der Waals surface area contributed by atoms with Gasteiger partial charge in [-0.2, -0.15) is 0 Å². The number of nitrogens with zero attached hydrogens (tertiary/aromatic N) is 1. The van der Waals surface area contributed by atoms with Gasteiger partial charge in [0.2, 0.25) is 0 Å². The van der Waals surface area contributed by atoms with Gasteiger partial charge in [-0.15, -0.1) is 11.3 Å². The zero-order valence-corrected chi connectivity index (χ0v) is 9.41. The van der Waals surface area contributed by atoms with Crippen molar-refractivity contribution in [1.82, 2.24) is 4.98 Å². The van der Waals surface area contributed by atoms with Gasteiger partial charge in [-0.1, -0.05) is 0 Å². The van der Waals surface area contributed by atoms with Gasteiger partial charge in [-0.3, -0.25) is 0 Å². The molecule has 16 heavy (non-hydrogen) atoms. The molecule has 0 unspecified atom stereocenters. The lowest BCUT2D eigenvalue weighted by Crippen LogP contribution is -1.93. The SMILES string of the molecule is Cc1nc(N)ccc1-c1ccc(C(=O)O)s1. The number of carboxylic acids is 1. The molecule has 0 aliphatic rings. The van der Waals surface area contributed by atoms with Gasteiger partial charge in [0, 0.05) is 16.1 Å². The van der Waals surface area contributed by atoms with Crippen molar-refractivity contribution in [2.45, 2.75) is 6.92 Å². The standard InChI is InChI=1S/C11H10N2O2S/c1-6-7(2-5-10(12)13-6)8-3-4-9(16-8)11(14)15/h2-5H,1H3,(H2,12,13)(H,14,15). The molecule has 0 atom stereocenters. The van der Waals surface area contributed by atoms with Gasteiger partial charge >= 0.3 is 5.97 Å². The Hall–Kier alpha value is -1.88. The molecule has 2 heterocycles. The fourth-order valence-electron chi connectivity index (χ4n) is 1.44. The highest BCUT2D eigenvalue weighted by Gasteiger charge is 2.10. The molecule has 4 nitrogen and oxygen atoms in total. The van der Waals surface area contributed by atoms with Gasteiger partial charge in [-0.05, 0) is 31.2 Å². The lowest BCUT2D eigenvalue weighted by atomic mass is 10.1. The minimum atomic E-state index is -0.905. The summed E-state index contributed by atoms with van der Waals surface area (Å²) in [6.45, 7) is 1.85. The Morgan fingerprint density at radius 1 is 1.38 bits per heavy atom. The van der Waals surface area contributed by atoms with Crippen LogP contribution in [0.4, 0.5) is 5.82 Å². The number of aromatic carboxylic acids is 1. The zero-order chi connectivity index (χ0) is 11.7. The third-order valence-corrected chi connectivity index (χ3v) is 3.30. The highest BCUT2D eigenvalue weighted by atomic mass is 32.1. The molecule has 2 rings (SSSR count). The molecule has 0 aromatic carbocycles. The first-order valence-corrected chi connectivity index (χ1v) is 5.46. The summed E-state index contributed by atoms with van der Waals surface area (Å²) in [7, 11) is 0. The van der Waals surface area contributed by atoms with Gasteiger partial charge in [-0.25, -0.2) is 9.78 Å². The summed E-state index contributed by atoms with van der Waals surface area (Å²) >= 11 is 1.23. The molecule has 0 aliphatic heterocycles. The quantitative estimate of drug-likeness (QED) is 0.836. The first kappa shape index (κ1) is 10.6. The van der Waals surface area contributed by atoms with Crippen molar-refractivity contribution in [2.75, 3.05) is 5.73 Å². The topological polar surface area (TPSA) is 76.2 Å². The fourth-order valence-corrected chi connectivity index (χ4v) is 2.36. The first-order chi connectivity index (χ1) is 7.58. The van der Waals surface area contributed by atoms with Crippen LogP contribution >= 0.6 is 11.3 Å². The number of nitrogen functional groups attached to an aromatic ring is 1. The molecule has 5 heteroatoms. The zero-order valence-electron chi connectivity index (χ0n) is 8.60. The van der Waals surface area contributed by atoms with Crippen molar-refractivity contribution in [2.24, 2.45) is 0 Å². The summed E-state index contributed by atoms with van der Waals surface area (Å²) in [5, 5.41) is 8.83. The maximum absolute atomic E-state index is 10.8. The Kier molecular flexibility index (Phi) is 2.62. The monoisotopic (exact) mass is 234 g/mol. The van der Waals surface area contributed by atoms with Crippen molar-refractivity contribution in [1.29, 1.82) is 0 Å². The van der Waals surface area contributed by atoms with Gasteiger partial charge in [0.15, 0.2) is 0 Å². The molecule has 0 bridgehead atoms. The second kappa shape index (κ2) is 3.94. The summed E-state index contributed by atoms with van der Waals surface area (Å²) in [5.41, 5.74) is 7.28. The molecule has 0 radical (unpaired) electrons. The van der Waals surface area contributed by atoms with Crippen molar-refractivity contribution >= 4 is 23.1 Å². The number of nitrogens with two attached hydrogens (primary N) is 1. The molecule has 3 N–H and O–H groups in total.